The van der Waals surface area contributed by atoms with Crippen LogP contribution in [0, 0.1) is 0 Å². The Morgan fingerprint density at radius 2 is 2.33 bits per heavy atom. The summed E-state index contributed by atoms with van der Waals surface area (Å²) in [6.07, 6.45) is 5.56. The highest BCUT2D eigenvalue weighted by molar-refractivity contribution is 7.11. The van der Waals surface area contributed by atoms with Gasteiger partial charge in [-0.25, -0.2) is 4.98 Å². The summed E-state index contributed by atoms with van der Waals surface area (Å²) < 4.78 is 0. The zero-order valence-corrected chi connectivity index (χ0v) is 12.6. The molecule has 1 atom stereocenters. The highest BCUT2D eigenvalue weighted by atomic mass is 32.1. The molecule has 0 aromatic carbocycles. The second-order valence-electron chi connectivity index (χ2n) is 5.48. The molecule has 2 heterocycles. The Hall–Kier alpha value is -0.450. The molecule has 0 radical (unpaired) electrons. The van der Waals surface area contributed by atoms with E-state index in [2.05, 4.69) is 36.0 Å². The lowest BCUT2D eigenvalue weighted by Gasteiger charge is -2.32. The largest absolute Gasteiger partial charge is 0.310 e. The molecule has 1 N–H and O–H groups in total. The quantitative estimate of drug-likeness (QED) is 0.909. The second kappa shape index (κ2) is 6.13. The van der Waals surface area contributed by atoms with E-state index in [1.165, 1.54) is 29.3 Å². The van der Waals surface area contributed by atoms with E-state index in [0.29, 0.717) is 0 Å². The topological polar surface area (TPSA) is 28.2 Å². The zero-order chi connectivity index (χ0) is 13.0. The molecule has 3 nitrogen and oxygen atoms in total. The number of thiazole rings is 1. The van der Waals surface area contributed by atoms with Gasteiger partial charge in [-0.05, 0) is 39.3 Å². The number of hydrogen-bond acceptors (Lipinski definition) is 4. The zero-order valence-electron chi connectivity index (χ0n) is 11.8. The average Bonchev–Trinajstić information content (AvgIpc) is 2.73. The minimum absolute atomic E-state index is 0.265. The molecule has 2 rings (SSSR count). The molecule has 18 heavy (non-hydrogen) atoms. The second-order valence-corrected chi connectivity index (χ2v) is 6.68. The van der Waals surface area contributed by atoms with Crippen LogP contribution in [0.2, 0.25) is 0 Å². The van der Waals surface area contributed by atoms with Crippen LogP contribution in [0.15, 0.2) is 6.20 Å². The molecule has 1 unspecified atom stereocenters. The van der Waals surface area contributed by atoms with Gasteiger partial charge < -0.3 is 5.32 Å². The van der Waals surface area contributed by atoms with Crippen LogP contribution >= 0.6 is 11.3 Å². The van der Waals surface area contributed by atoms with Crippen molar-refractivity contribution >= 4 is 11.3 Å². The Morgan fingerprint density at radius 3 is 3.00 bits per heavy atom. The van der Waals surface area contributed by atoms with E-state index >= 15 is 0 Å². The van der Waals surface area contributed by atoms with Gasteiger partial charge in [0, 0.05) is 23.2 Å². The van der Waals surface area contributed by atoms with Crippen LogP contribution in [0.5, 0.6) is 0 Å². The lowest BCUT2D eigenvalue weighted by Crippen LogP contribution is -2.48. The first kappa shape index (κ1) is 14.0. The van der Waals surface area contributed by atoms with E-state index in [-0.39, 0.29) is 5.54 Å². The predicted molar refractivity (Wildman–Crippen MR) is 78.1 cm³/mol. The molecular weight excluding hydrogens is 242 g/mol. The minimum Gasteiger partial charge on any atom is -0.310 e. The van der Waals surface area contributed by atoms with Crippen molar-refractivity contribution in [2.45, 2.75) is 52.1 Å². The summed E-state index contributed by atoms with van der Waals surface area (Å²) in [5.74, 6) is 0. The van der Waals surface area contributed by atoms with Gasteiger partial charge >= 0.3 is 0 Å². The van der Waals surface area contributed by atoms with Crippen molar-refractivity contribution in [2.24, 2.45) is 0 Å². The van der Waals surface area contributed by atoms with Gasteiger partial charge in [0.25, 0.3) is 0 Å². The van der Waals surface area contributed by atoms with Crippen molar-refractivity contribution in [1.82, 2.24) is 15.2 Å². The maximum Gasteiger partial charge on any atom is 0.107 e. The van der Waals surface area contributed by atoms with Crippen LogP contribution in [0.4, 0.5) is 0 Å². The summed E-state index contributed by atoms with van der Waals surface area (Å²) in [5, 5.41) is 4.95. The Balaban J connectivity index is 1.98. The van der Waals surface area contributed by atoms with Gasteiger partial charge in [-0.2, -0.15) is 0 Å². The van der Waals surface area contributed by atoms with Gasteiger partial charge in [0.15, 0.2) is 0 Å². The number of aromatic nitrogens is 1. The molecule has 0 spiro atoms. The van der Waals surface area contributed by atoms with E-state index in [1.807, 2.05) is 17.5 Å². The third-order valence-corrected chi connectivity index (χ3v) is 4.99. The normalized spacial score (nSPS) is 26.2. The van der Waals surface area contributed by atoms with Gasteiger partial charge in [-0.3, -0.25) is 4.90 Å². The Kier molecular flexibility index (Phi) is 4.76. The summed E-state index contributed by atoms with van der Waals surface area (Å²) in [7, 11) is 0. The van der Waals surface area contributed by atoms with Crippen molar-refractivity contribution in [3.63, 3.8) is 0 Å². The molecule has 0 amide bonds. The lowest BCUT2D eigenvalue weighted by atomic mass is 9.99. The SMILES string of the molecule is CCc1cnc(CN2CCCNC(C)(CC)C2)s1. The van der Waals surface area contributed by atoms with Crippen molar-refractivity contribution < 1.29 is 0 Å². The first-order valence-electron chi connectivity index (χ1n) is 7.06. The van der Waals surface area contributed by atoms with Crippen LogP contribution in [-0.2, 0) is 13.0 Å². The smallest absolute Gasteiger partial charge is 0.107 e. The number of rotatable bonds is 4. The molecule has 1 aliphatic rings. The average molecular weight is 267 g/mol. The fourth-order valence-corrected chi connectivity index (χ4v) is 3.37. The van der Waals surface area contributed by atoms with Gasteiger partial charge in [-0.15, -0.1) is 11.3 Å². The standard InChI is InChI=1S/C14H25N3S/c1-4-12-9-15-13(18-12)10-17-8-6-7-16-14(3,5-2)11-17/h9,16H,4-8,10-11H2,1-3H3. The van der Waals surface area contributed by atoms with Gasteiger partial charge in [0.05, 0.1) is 6.54 Å². The fourth-order valence-electron chi connectivity index (χ4n) is 2.47. The number of nitrogens with one attached hydrogen (secondary N) is 1. The van der Waals surface area contributed by atoms with Crippen LogP contribution < -0.4 is 5.32 Å². The van der Waals surface area contributed by atoms with Crippen molar-refractivity contribution in [3.8, 4) is 0 Å². The van der Waals surface area contributed by atoms with E-state index in [4.69, 9.17) is 0 Å². The number of hydrogen-bond donors (Lipinski definition) is 1. The summed E-state index contributed by atoms with van der Waals surface area (Å²) in [6.45, 7) is 11.3. The molecule has 102 valence electrons. The van der Waals surface area contributed by atoms with Gasteiger partial charge in [0.2, 0.25) is 0 Å². The van der Waals surface area contributed by atoms with Crippen LogP contribution in [0.1, 0.15) is 43.5 Å². The Morgan fingerprint density at radius 1 is 1.50 bits per heavy atom. The maximum atomic E-state index is 4.54. The minimum atomic E-state index is 0.265. The van der Waals surface area contributed by atoms with Gasteiger partial charge in [0.1, 0.15) is 5.01 Å². The molecule has 0 bridgehead atoms. The van der Waals surface area contributed by atoms with E-state index in [9.17, 15) is 0 Å². The molecule has 0 saturated carbocycles. The summed E-state index contributed by atoms with van der Waals surface area (Å²) in [6, 6.07) is 0. The third-order valence-electron chi connectivity index (χ3n) is 3.86. The molecule has 1 aliphatic heterocycles. The van der Waals surface area contributed by atoms with Crippen molar-refractivity contribution in [1.29, 1.82) is 0 Å². The third kappa shape index (κ3) is 3.53. The van der Waals surface area contributed by atoms with Crippen LogP contribution in [0.25, 0.3) is 0 Å². The summed E-state index contributed by atoms with van der Waals surface area (Å²) in [4.78, 5) is 8.50. The molecular formula is C14H25N3S. The van der Waals surface area contributed by atoms with E-state index < -0.39 is 0 Å². The van der Waals surface area contributed by atoms with E-state index in [1.54, 1.807) is 0 Å². The van der Waals surface area contributed by atoms with Crippen LogP contribution in [0.3, 0.4) is 0 Å². The highest BCUT2D eigenvalue weighted by Crippen LogP contribution is 2.20. The van der Waals surface area contributed by atoms with Crippen molar-refractivity contribution in [2.75, 3.05) is 19.6 Å². The number of aryl methyl sites for hydroxylation is 1. The predicted octanol–water partition coefficient (Wildman–Crippen LogP) is 2.67. The first-order chi connectivity index (χ1) is 8.65. The number of nitrogens with zero attached hydrogens (tertiary/aromatic N) is 2. The molecule has 4 heteroatoms. The summed E-state index contributed by atoms with van der Waals surface area (Å²) in [5.41, 5.74) is 0.265. The van der Waals surface area contributed by atoms with Crippen molar-refractivity contribution in [3.05, 3.63) is 16.1 Å². The van der Waals surface area contributed by atoms with Crippen LogP contribution in [-0.4, -0.2) is 35.1 Å². The molecule has 1 aromatic rings. The Bertz CT molecular complexity index is 377. The molecule has 1 fully saturated rings. The van der Waals surface area contributed by atoms with Gasteiger partial charge in [-0.1, -0.05) is 13.8 Å². The Labute approximate surface area is 115 Å². The highest BCUT2D eigenvalue weighted by Gasteiger charge is 2.27. The lowest BCUT2D eigenvalue weighted by molar-refractivity contribution is 0.208. The maximum absolute atomic E-state index is 4.54. The molecule has 1 aromatic heterocycles. The monoisotopic (exact) mass is 267 g/mol. The first-order valence-corrected chi connectivity index (χ1v) is 7.88. The summed E-state index contributed by atoms with van der Waals surface area (Å²) >= 11 is 1.87. The molecule has 0 aliphatic carbocycles. The molecule has 1 saturated heterocycles. The van der Waals surface area contributed by atoms with E-state index in [0.717, 1.165) is 26.1 Å². The fraction of sp³-hybridized carbons (Fsp3) is 0.786.